The van der Waals surface area contributed by atoms with Crippen LogP contribution in [-0.4, -0.2) is 38.6 Å². The molecule has 0 aliphatic rings. The van der Waals surface area contributed by atoms with Crippen molar-refractivity contribution in [1.29, 1.82) is 0 Å². The number of rotatable bonds is 5. The molecule has 0 fully saturated rings. The van der Waals surface area contributed by atoms with Crippen molar-refractivity contribution in [2.45, 2.75) is 0 Å². The van der Waals surface area contributed by atoms with Crippen LogP contribution in [0, 0.1) is 10.1 Å². The van der Waals surface area contributed by atoms with Gasteiger partial charge >= 0.3 is 5.82 Å². The molecule has 1 aromatic heterocycles. The molecule has 1 amide bonds. The number of hydrogen-bond donors (Lipinski definition) is 2. The Hall–Kier alpha value is -2.03. The topological polar surface area (TPSA) is 128 Å². The fourth-order valence-corrected chi connectivity index (χ4v) is 1.54. The van der Waals surface area contributed by atoms with Crippen molar-refractivity contribution < 1.29 is 13.9 Å². The number of carbonyl (C=O) groups is 1. The highest BCUT2D eigenvalue weighted by Crippen LogP contribution is 2.16. The van der Waals surface area contributed by atoms with Crippen molar-refractivity contribution in [2.24, 2.45) is 0 Å². The van der Waals surface area contributed by atoms with Gasteiger partial charge in [-0.05, 0) is 9.91 Å². The van der Waals surface area contributed by atoms with Crippen molar-refractivity contribution in [3.8, 4) is 0 Å². The van der Waals surface area contributed by atoms with Crippen molar-refractivity contribution >= 4 is 28.2 Å². The maximum Gasteiger partial charge on any atom is 0.364 e. The van der Waals surface area contributed by atoms with Crippen LogP contribution in [0.25, 0.3) is 0 Å². The summed E-state index contributed by atoms with van der Waals surface area (Å²) in [6, 6.07) is 1.01. The highest BCUT2D eigenvalue weighted by Gasteiger charge is 2.16. The number of nitrogen functional groups attached to an aromatic ring is 1. The van der Waals surface area contributed by atoms with E-state index in [0.29, 0.717) is 5.75 Å². The van der Waals surface area contributed by atoms with Gasteiger partial charge in [0.15, 0.2) is 6.20 Å². The van der Waals surface area contributed by atoms with Crippen LogP contribution in [0.4, 0.5) is 11.5 Å². The highest BCUT2D eigenvalue weighted by atomic mass is 32.2. The van der Waals surface area contributed by atoms with E-state index in [4.69, 9.17) is 5.73 Å². The van der Waals surface area contributed by atoms with E-state index in [1.807, 2.05) is 0 Å². The van der Waals surface area contributed by atoms with E-state index in [0.717, 1.165) is 12.3 Å². The van der Waals surface area contributed by atoms with E-state index >= 15 is 0 Å². The predicted octanol–water partition coefficient (Wildman–Crippen LogP) is -0.320. The molecule has 1 heterocycles. The van der Waals surface area contributed by atoms with Gasteiger partial charge in [0.1, 0.15) is 0 Å². The fourth-order valence-electron chi connectivity index (χ4n) is 1.15. The summed E-state index contributed by atoms with van der Waals surface area (Å²) in [4.78, 5) is 25.0. The third-order valence-corrected chi connectivity index (χ3v) is 2.81. The standard InChI is InChI=1S/C9H12N4O4S/c1-18(17)3-2-11-9(14)6-4-8(13(15)16)12-5-7(6)10/h4-5H,2-3,10H2,1H3,(H,11,14). The van der Waals surface area contributed by atoms with Gasteiger partial charge in [0.25, 0.3) is 5.91 Å². The first kappa shape index (κ1) is 14.0. The monoisotopic (exact) mass is 272 g/mol. The largest absolute Gasteiger partial charge is 0.395 e. The van der Waals surface area contributed by atoms with Crippen LogP contribution in [0.15, 0.2) is 12.3 Å². The number of nitrogens with one attached hydrogen (secondary N) is 1. The fraction of sp³-hybridized carbons (Fsp3) is 0.333. The van der Waals surface area contributed by atoms with Gasteiger partial charge in [0, 0.05) is 29.4 Å². The van der Waals surface area contributed by atoms with E-state index < -0.39 is 27.4 Å². The van der Waals surface area contributed by atoms with E-state index in [9.17, 15) is 19.1 Å². The summed E-state index contributed by atoms with van der Waals surface area (Å²) >= 11 is 0. The molecule has 0 aromatic carbocycles. The first-order valence-electron chi connectivity index (χ1n) is 4.90. The average molecular weight is 272 g/mol. The Bertz CT molecular complexity index is 505. The molecule has 0 bridgehead atoms. The van der Waals surface area contributed by atoms with Crippen LogP contribution in [0.5, 0.6) is 0 Å². The van der Waals surface area contributed by atoms with Crippen LogP contribution >= 0.6 is 0 Å². The minimum atomic E-state index is -1.02. The van der Waals surface area contributed by atoms with Gasteiger partial charge in [0.2, 0.25) is 0 Å². The third-order valence-electron chi connectivity index (χ3n) is 2.03. The second kappa shape index (κ2) is 6.05. The number of amides is 1. The molecule has 18 heavy (non-hydrogen) atoms. The van der Waals surface area contributed by atoms with Crippen LogP contribution in [0.3, 0.4) is 0 Å². The van der Waals surface area contributed by atoms with Crippen molar-refractivity contribution in [2.75, 3.05) is 24.3 Å². The number of nitrogens with zero attached hydrogens (tertiary/aromatic N) is 2. The van der Waals surface area contributed by atoms with Gasteiger partial charge in [-0.15, -0.1) is 0 Å². The Kier molecular flexibility index (Phi) is 4.72. The molecule has 1 unspecified atom stereocenters. The molecule has 0 saturated heterocycles. The van der Waals surface area contributed by atoms with Gasteiger partial charge < -0.3 is 21.2 Å². The molecule has 0 saturated carbocycles. The minimum absolute atomic E-state index is 0.0152. The van der Waals surface area contributed by atoms with E-state index in [1.165, 1.54) is 6.26 Å². The lowest BCUT2D eigenvalue weighted by Gasteiger charge is -2.05. The number of aromatic nitrogens is 1. The number of anilines is 1. The number of nitrogens with two attached hydrogens (primary N) is 1. The summed E-state index contributed by atoms with van der Waals surface area (Å²) in [5.41, 5.74) is 5.55. The summed E-state index contributed by atoms with van der Waals surface area (Å²) in [5, 5.41) is 13.0. The lowest BCUT2D eigenvalue weighted by molar-refractivity contribution is -0.389. The Labute approximate surface area is 105 Å². The predicted molar refractivity (Wildman–Crippen MR) is 66.6 cm³/mol. The summed E-state index contributed by atoms with van der Waals surface area (Å²) in [5.74, 6) is -0.699. The molecule has 3 N–H and O–H groups in total. The molecule has 8 nitrogen and oxygen atoms in total. The molecular formula is C9H12N4O4S. The first-order chi connectivity index (χ1) is 8.41. The molecule has 0 spiro atoms. The quantitative estimate of drug-likeness (QED) is 0.558. The van der Waals surface area contributed by atoms with Crippen LogP contribution in [0.1, 0.15) is 10.4 Å². The van der Waals surface area contributed by atoms with E-state index in [-0.39, 0.29) is 17.8 Å². The Morgan fingerprint density at radius 3 is 2.89 bits per heavy atom. The SMILES string of the molecule is CS(=O)CCNC(=O)c1cc([N+](=O)[O-])ncc1N. The van der Waals surface area contributed by atoms with Crippen molar-refractivity contribution in [1.82, 2.24) is 10.3 Å². The molecular weight excluding hydrogens is 260 g/mol. The number of hydrogen-bond acceptors (Lipinski definition) is 6. The minimum Gasteiger partial charge on any atom is -0.395 e. The Morgan fingerprint density at radius 1 is 1.67 bits per heavy atom. The van der Waals surface area contributed by atoms with Gasteiger partial charge in [0.05, 0.1) is 17.3 Å². The second-order valence-corrected chi connectivity index (χ2v) is 4.97. The summed E-state index contributed by atoms with van der Waals surface area (Å²) in [7, 11) is -1.02. The van der Waals surface area contributed by atoms with Gasteiger partial charge in [-0.2, -0.15) is 0 Å². The molecule has 0 radical (unpaired) electrons. The molecule has 1 atom stereocenters. The molecule has 9 heteroatoms. The first-order valence-corrected chi connectivity index (χ1v) is 6.62. The summed E-state index contributed by atoms with van der Waals surface area (Å²) in [6.45, 7) is 0.206. The third kappa shape index (κ3) is 3.77. The number of nitro groups is 1. The Balaban J connectivity index is 2.81. The maximum absolute atomic E-state index is 11.7. The van der Waals surface area contributed by atoms with E-state index in [1.54, 1.807) is 0 Å². The summed E-state index contributed by atoms with van der Waals surface area (Å²) < 4.78 is 10.8. The number of carbonyl (C=O) groups excluding carboxylic acids is 1. The van der Waals surface area contributed by atoms with Crippen LogP contribution in [0.2, 0.25) is 0 Å². The Morgan fingerprint density at radius 2 is 2.33 bits per heavy atom. The van der Waals surface area contributed by atoms with Gasteiger partial charge in [-0.25, -0.2) is 0 Å². The lowest BCUT2D eigenvalue weighted by Crippen LogP contribution is -2.28. The summed E-state index contributed by atoms with van der Waals surface area (Å²) in [6.07, 6.45) is 2.57. The van der Waals surface area contributed by atoms with Gasteiger partial charge in [-0.1, -0.05) is 0 Å². The van der Waals surface area contributed by atoms with Crippen molar-refractivity contribution in [3.05, 3.63) is 27.9 Å². The molecule has 1 rings (SSSR count). The van der Waals surface area contributed by atoms with Crippen LogP contribution < -0.4 is 11.1 Å². The van der Waals surface area contributed by atoms with E-state index in [2.05, 4.69) is 10.3 Å². The number of pyridine rings is 1. The molecule has 0 aliphatic heterocycles. The second-order valence-electron chi connectivity index (χ2n) is 3.42. The zero-order valence-electron chi connectivity index (χ0n) is 9.58. The smallest absolute Gasteiger partial charge is 0.364 e. The highest BCUT2D eigenvalue weighted by molar-refractivity contribution is 7.84. The van der Waals surface area contributed by atoms with Crippen LogP contribution in [-0.2, 0) is 10.8 Å². The van der Waals surface area contributed by atoms with Crippen molar-refractivity contribution in [3.63, 3.8) is 0 Å². The maximum atomic E-state index is 11.7. The molecule has 98 valence electrons. The average Bonchev–Trinajstić information content (AvgIpc) is 2.28. The lowest BCUT2D eigenvalue weighted by atomic mass is 10.2. The zero-order valence-corrected chi connectivity index (χ0v) is 10.4. The van der Waals surface area contributed by atoms with Gasteiger partial charge in [-0.3, -0.25) is 9.00 Å². The molecule has 1 aromatic rings. The normalized spacial score (nSPS) is 11.8. The zero-order chi connectivity index (χ0) is 13.7. The molecule has 0 aliphatic carbocycles.